The minimum absolute atomic E-state index is 0.000833. The zero-order chi connectivity index (χ0) is 14.0. The van der Waals surface area contributed by atoms with Gasteiger partial charge in [0.2, 0.25) is 5.91 Å². The molecule has 0 radical (unpaired) electrons. The van der Waals surface area contributed by atoms with Gasteiger partial charge in [0.15, 0.2) is 0 Å². The van der Waals surface area contributed by atoms with Crippen LogP contribution in [0, 0.1) is 10.1 Å². The van der Waals surface area contributed by atoms with Crippen LogP contribution in [0.3, 0.4) is 0 Å². The van der Waals surface area contributed by atoms with Crippen molar-refractivity contribution in [3.05, 3.63) is 33.9 Å². The lowest BCUT2D eigenvalue weighted by Crippen LogP contribution is -2.49. The summed E-state index contributed by atoms with van der Waals surface area (Å²) in [5.74, 6) is -0.584. The Bertz CT molecular complexity index is 518. The lowest BCUT2D eigenvalue weighted by atomic mass is 10.1. The number of hydrogen-bond donors (Lipinski definition) is 2. The van der Waals surface area contributed by atoms with Crippen LogP contribution in [0.2, 0.25) is 0 Å². The number of nitro benzene ring substituents is 1. The molecule has 1 aromatic rings. The number of nitrogens with one attached hydrogen (secondary N) is 1. The minimum atomic E-state index is -0.584. The van der Waals surface area contributed by atoms with Gasteiger partial charge in [0, 0.05) is 37.3 Å². The second-order valence-electron chi connectivity index (χ2n) is 4.63. The number of nitrogens with two attached hydrogens (primary N) is 1. The molecule has 7 nitrogen and oxygen atoms in total. The molecule has 7 heteroatoms. The first-order chi connectivity index (χ1) is 8.99. The maximum absolute atomic E-state index is 11.2. The smallest absolute Gasteiger partial charge is 0.292 e. The van der Waals surface area contributed by atoms with Gasteiger partial charge in [-0.05, 0) is 19.1 Å². The molecule has 1 aliphatic heterocycles. The highest BCUT2D eigenvalue weighted by molar-refractivity contribution is 5.94. The molecular weight excluding hydrogens is 248 g/mol. The van der Waals surface area contributed by atoms with Crippen molar-refractivity contribution in [2.75, 3.05) is 24.5 Å². The van der Waals surface area contributed by atoms with Crippen LogP contribution in [0.15, 0.2) is 18.2 Å². The van der Waals surface area contributed by atoms with Crippen molar-refractivity contribution >= 4 is 17.3 Å². The van der Waals surface area contributed by atoms with Crippen LogP contribution >= 0.6 is 0 Å². The Hall–Kier alpha value is -2.15. The van der Waals surface area contributed by atoms with Crippen LogP contribution < -0.4 is 16.0 Å². The molecule has 2 rings (SSSR count). The third kappa shape index (κ3) is 2.82. The van der Waals surface area contributed by atoms with Crippen LogP contribution in [-0.2, 0) is 0 Å². The molecule has 0 aliphatic carbocycles. The molecule has 19 heavy (non-hydrogen) atoms. The Morgan fingerprint density at radius 2 is 2.32 bits per heavy atom. The molecule has 1 atom stereocenters. The van der Waals surface area contributed by atoms with Crippen LogP contribution in [-0.4, -0.2) is 36.5 Å². The number of carbonyl (C=O) groups is 1. The largest absolute Gasteiger partial charge is 0.366 e. The van der Waals surface area contributed by atoms with Gasteiger partial charge in [0.25, 0.3) is 5.69 Å². The van der Waals surface area contributed by atoms with Gasteiger partial charge in [-0.25, -0.2) is 0 Å². The van der Waals surface area contributed by atoms with E-state index in [1.165, 1.54) is 18.2 Å². The lowest BCUT2D eigenvalue weighted by molar-refractivity contribution is -0.384. The summed E-state index contributed by atoms with van der Waals surface area (Å²) >= 11 is 0. The zero-order valence-corrected chi connectivity index (χ0v) is 10.6. The van der Waals surface area contributed by atoms with E-state index in [1.807, 2.05) is 11.8 Å². The number of piperazine rings is 1. The van der Waals surface area contributed by atoms with Crippen molar-refractivity contribution in [1.82, 2.24) is 5.32 Å². The molecule has 1 saturated heterocycles. The van der Waals surface area contributed by atoms with E-state index in [0.29, 0.717) is 18.8 Å². The van der Waals surface area contributed by atoms with Gasteiger partial charge < -0.3 is 16.0 Å². The first-order valence-electron chi connectivity index (χ1n) is 6.05. The van der Waals surface area contributed by atoms with Crippen molar-refractivity contribution < 1.29 is 9.72 Å². The molecule has 102 valence electrons. The summed E-state index contributed by atoms with van der Waals surface area (Å²) in [7, 11) is 0. The third-order valence-electron chi connectivity index (χ3n) is 3.17. The van der Waals surface area contributed by atoms with Gasteiger partial charge in [-0.3, -0.25) is 14.9 Å². The molecule has 1 amide bonds. The van der Waals surface area contributed by atoms with Gasteiger partial charge in [-0.15, -0.1) is 0 Å². The standard InChI is InChI=1S/C12H16N4O3/c1-8-7-15(5-4-14-8)11-6-9(12(13)17)2-3-10(11)16(18)19/h2-3,6,8,14H,4-5,7H2,1H3,(H2,13,17)/t8-/m0/s1. The van der Waals surface area contributed by atoms with Gasteiger partial charge in [-0.2, -0.15) is 0 Å². The molecule has 0 aromatic heterocycles. The summed E-state index contributed by atoms with van der Waals surface area (Å²) in [6.07, 6.45) is 0. The second kappa shape index (κ2) is 5.23. The van der Waals surface area contributed by atoms with Crippen LogP contribution in [0.5, 0.6) is 0 Å². The number of rotatable bonds is 3. The van der Waals surface area contributed by atoms with Crippen LogP contribution in [0.1, 0.15) is 17.3 Å². The number of hydrogen-bond acceptors (Lipinski definition) is 5. The molecule has 0 spiro atoms. The van der Waals surface area contributed by atoms with Crippen molar-refractivity contribution in [1.29, 1.82) is 0 Å². The average Bonchev–Trinajstić information content (AvgIpc) is 2.37. The van der Waals surface area contributed by atoms with E-state index in [-0.39, 0.29) is 17.3 Å². The summed E-state index contributed by atoms with van der Waals surface area (Å²) in [6, 6.07) is 4.46. The predicted octanol–water partition coefficient (Wildman–Crippen LogP) is 0.492. The maximum atomic E-state index is 11.2. The molecule has 0 bridgehead atoms. The Balaban J connectivity index is 2.42. The fraction of sp³-hybridized carbons (Fsp3) is 0.417. The summed E-state index contributed by atoms with van der Waals surface area (Å²) in [5.41, 5.74) is 5.96. The number of amides is 1. The Labute approximate surface area is 110 Å². The molecule has 1 aromatic carbocycles. The van der Waals surface area contributed by atoms with E-state index in [9.17, 15) is 14.9 Å². The highest BCUT2D eigenvalue weighted by Crippen LogP contribution is 2.29. The Kier molecular flexibility index (Phi) is 3.66. The highest BCUT2D eigenvalue weighted by Gasteiger charge is 2.24. The number of carbonyl (C=O) groups excluding carboxylic acids is 1. The van der Waals surface area contributed by atoms with E-state index in [0.717, 1.165) is 6.54 Å². The van der Waals surface area contributed by atoms with Crippen molar-refractivity contribution in [2.45, 2.75) is 13.0 Å². The Morgan fingerprint density at radius 3 is 2.89 bits per heavy atom. The lowest BCUT2D eigenvalue weighted by Gasteiger charge is -2.33. The summed E-state index contributed by atoms with van der Waals surface area (Å²) < 4.78 is 0. The van der Waals surface area contributed by atoms with Crippen LogP contribution in [0.25, 0.3) is 0 Å². The molecular formula is C12H16N4O3. The van der Waals surface area contributed by atoms with Crippen molar-refractivity contribution in [2.24, 2.45) is 5.73 Å². The Morgan fingerprint density at radius 1 is 1.58 bits per heavy atom. The molecule has 3 N–H and O–H groups in total. The van der Waals surface area contributed by atoms with E-state index in [1.54, 1.807) is 0 Å². The number of nitro groups is 1. The minimum Gasteiger partial charge on any atom is -0.366 e. The van der Waals surface area contributed by atoms with Gasteiger partial charge in [0.05, 0.1) is 4.92 Å². The SMILES string of the molecule is C[C@H]1CN(c2cc(C(N)=O)ccc2[N+](=O)[O-])CCN1. The zero-order valence-electron chi connectivity index (χ0n) is 10.6. The average molecular weight is 264 g/mol. The van der Waals surface area contributed by atoms with Crippen molar-refractivity contribution in [3.63, 3.8) is 0 Å². The third-order valence-corrected chi connectivity index (χ3v) is 3.17. The quantitative estimate of drug-likeness (QED) is 0.611. The monoisotopic (exact) mass is 264 g/mol. The number of nitrogens with zero attached hydrogens (tertiary/aromatic N) is 2. The number of primary amides is 1. The second-order valence-corrected chi connectivity index (χ2v) is 4.63. The maximum Gasteiger partial charge on any atom is 0.292 e. The summed E-state index contributed by atoms with van der Waals surface area (Å²) in [4.78, 5) is 23.7. The number of anilines is 1. The van der Waals surface area contributed by atoms with Gasteiger partial charge in [-0.1, -0.05) is 0 Å². The van der Waals surface area contributed by atoms with E-state index >= 15 is 0 Å². The number of benzene rings is 1. The summed E-state index contributed by atoms with van der Waals surface area (Å²) in [6.45, 7) is 4.07. The fourth-order valence-electron chi connectivity index (χ4n) is 2.24. The fourth-order valence-corrected chi connectivity index (χ4v) is 2.24. The highest BCUT2D eigenvalue weighted by atomic mass is 16.6. The van der Waals surface area contributed by atoms with Gasteiger partial charge >= 0.3 is 0 Å². The topological polar surface area (TPSA) is 102 Å². The molecule has 1 fully saturated rings. The molecule has 0 unspecified atom stereocenters. The van der Waals surface area contributed by atoms with E-state index in [2.05, 4.69) is 5.32 Å². The first-order valence-corrected chi connectivity index (χ1v) is 6.05. The molecule has 1 aliphatic rings. The summed E-state index contributed by atoms with van der Waals surface area (Å²) in [5, 5.41) is 14.3. The predicted molar refractivity (Wildman–Crippen MR) is 71.3 cm³/mol. The van der Waals surface area contributed by atoms with Crippen molar-refractivity contribution in [3.8, 4) is 0 Å². The van der Waals surface area contributed by atoms with Crippen LogP contribution in [0.4, 0.5) is 11.4 Å². The molecule has 0 saturated carbocycles. The van der Waals surface area contributed by atoms with E-state index in [4.69, 9.17) is 5.73 Å². The normalized spacial score (nSPS) is 19.2. The van der Waals surface area contributed by atoms with E-state index < -0.39 is 10.8 Å². The first kappa shape index (κ1) is 13.3. The van der Waals surface area contributed by atoms with Gasteiger partial charge in [0.1, 0.15) is 5.69 Å². The molecule has 1 heterocycles.